The van der Waals surface area contributed by atoms with Gasteiger partial charge in [-0.3, -0.25) is 4.79 Å². The van der Waals surface area contributed by atoms with E-state index in [1.807, 2.05) is 0 Å². The number of methoxy groups -OCH3 is 1. The van der Waals surface area contributed by atoms with Gasteiger partial charge in [-0.15, -0.1) is 0 Å². The molecule has 0 N–H and O–H groups in total. The van der Waals surface area contributed by atoms with E-state index in [-0.39, 0.29) is 10.6 Å². The molecule has 1 aromatic heterocycles. The Labute approximate surface area is 182 Å². The summed E-state index contributed by atoms with van der Waals surface area (Å²) >= 11 is 0.858. The van der Waals surface area contributed by atoms with Gasteiger partial charge in [-0.25, -0.2) is 17.5 Å². The fourth-order valence-electron chi connectivity index (χ4n) is 3.30. The van der Waals surface area contributed by atoms with Crippen LogP contribution in [0.1, 0.15) is 13.8 Å². The molecule has 0 aliphatic rings. The summed E-state index contributed by atoms with van der Waals surface area (Å²) in [5, 5.41) is 1.04. The Balaban J connectivity index is 2.04. The van der Waals surface area contributed by atoms with Crippen molar-refractivity contribution >= 4 is 54.0 Å². The van der Waals surface area contributed by atoms with Crippen LogP contribution in [-0.2, 0) is 14.8 Å². The minimum absolute atomic E-state index is 0.0492. The standard InChI is InChI=1S/C22H19NO6S2/c1-13(2)21(24)23(31(26,27)15-10-8-14(28-3)9-11-15)18-12-19-20(29-22(25)30-19)17-7-5-4-6-16(17)18/h4-13H,1-3H3. The highest BCUT2D eigenvalue weighted by atomic mass is 32.2. The van der Waals surface area contributed by atoms with Crippen molar-refractivity contribution in [3.63, 3.8) is 0 Å². The van der Waals surface area contributed by atoms with E-state index in [0.29, 0.717) is 26.8 Å². The minimum Gasteiger partial charge on any atom is -0.497 e. The molecule has 160 valence electrons. The number of amides is 1. The van der Waals surface area contributed by atoms with Crippen LogP contribution in [0.3, 0.4) is 0 Å². The topological polar surface area (TPSA) is 93.9 Å². The first-order chi connectivity index (χ1) is 14.7. The third-order valence-corrected chi connectivity index (χ3v) is 7.33. The van der Waals surface area contributed by atoms with Crippen LogP contribution in [0.2, 0.25) is 0 Å². The third-order valence-electron chi connectivity index (χ3n) is 4.83. The zero-order valence-corrected chi connectivity index (χ0v) is 18.6. The molecule has 0 bridgehead atoms. The van der Waals surface area contributed by atoms with Crippen LogP contribution >= 0.6 is 11.3 Å². The molecule has 0 fully saturated rings. The van der Waals surface area contributed by atoms with E-state index in [4.69, 9.17) is 9.15 Å². The van der Waals surface area contributed by atoms with Crippen LogP contribution in [0.15, 0.2) is 68.7 Å². The van der Waals surface area contributed by atoms with Crippen molar-refractivity contribution in [1.82, 2.24) is 0 Å². The van der Waals surface area contributed by atoms with Gasteiger partial charge in [0.2, 0.25) is 5.91 Å². The summed E-state index contributed by atoms with van der Waals surface area (Å²) in [6.45, 7) is 3.27. The lowest BCUT2D eigenvalue weighted by Gasteiger charge is -2.25. The summed E-state index contributed by atoms with van der Waals surface area (Å²) < 4.78 is 39.0. The fourth-order valence-corrected chi connectivity index (χ4v) is 5.57. The molecule has 0 aliphatic heterocycles. The number of anilines is 1. The van der Waals surface area contributed by atoms with Crippen LogP contribution < -0.4 is 14.0 Å². The maximum absolute atomic E-state index is 13.6. The third kappa shape index (κ3) is 3.60. The average molecular weight is 458 g/mol. The van der Waals surface area contributed by atoms with Gasteiger partial charge >= 0.3 is 4.94 Å². The Morgan fingerprint density at radius 2 is 1.71 bits per heavy atom. The summed E-state index contributed by atoms with van der Waals surface area (Å²) in [7, 11) is -2.77. The Kier molecular flexibility index (Phi) is 5.32. The van der Waals surface area contributed by atoms with Gasteiger partial charge in [-0.05, 0) is 30.3 Å². The van der Waals surface area contributed by atoms with E-state index < -0.39 is 26.8 Å². The number of carbonyl (C=O) groups is 1. The summed E-state index contributed by atoms with van der Waals surface area (Å²) in [6, 6.07) is 14.3. The largest absolute Gasteiger partial charge is 0.497 e. The summed E-state index contributed by atoms with van der Waals surface area (Å²) in [4.78, 5) is 24.5. The van der Waals surface area contributed by atoms with Crippen molar-refractivity contribution in [2.75, 3.05) is 11.4 Å². The van der Waals surface area contributed by atoms with Crippen molar-refractivity contribution in [1.29, 1.82) is 0 Å². The molecule has 0 unspecified atom stereocenters. The highest BCUT2D eigenvalue weighted by molar-refractivity contribution is 7.93. The number of nitrogens with zero attached hydrogens (tertiary/aromatic N) is 1. The summed E-state index contributed by atoms with van der Waals surface area (Å²) in [5.41, 5.74) is 0.544. The van der Waals surface area contributed by atoms with Gasteiger partial charge in [0.15, 0.2) is 5.58 Å². The molecule has 0 radical (unpaired) electrons. The molecule has 0 saturated carbocycles. The number of benzene rings is 3. The van der Waals surface area contributed by atoms with Crippen molar-refractivity contribution in [3.8, 4) is 5.75 Å². The van der Waals surface area contributed by atoms with Gasteiger partial charge in [0.25, 0.3) is 10.0 Å². The molecule has 31 heavy (non-hydrogen) atoms. The van der Waals surface area contributed by atoms with Crippen LogP contribution in [-0.4, -0.2) is 21.4 Å². The maximum Gasteiger partial charge on any atom is 0.396 e. The lowest BCUT2D eigenvalue weighted by Crippen LogP contribution is -2.39. The quantitative estimate of drug-likeness (QED) is 0.441. The highest BCUT2D eigenvalue weighted by Gasteiger charge is 2.34. The first-order valence-corrected chi connectivity index (χ1v) is 11.7. The smallest absolute Gasteiger partial charge is 0.396 e. The van der Waals surface area contributed by atoms with Gasteiger partial charge in [-0.2, -0.15) is 0 Å². The van der Waals surface area contributed by atoms with E-state index in [9.17, 15) is 18.0 Å². The second kappa shape index (κ2) is 7.82. The lowest BCUT2D eigenvalue weighted by atomic mass is 10.1. The Morgan fingerprint density at radius 1 is 1.06 bits per heavy atom. The van der Waals surface area contributed by atoms with E-state index in [2.05, 4.69) is 0 Å². The lowest BCUT2D eigenvalue weighted by molar-refractivity contribution is -0.120. The van der Waals surface area contributed by atoms with Gasteiger partial charge in [0, 0.05) is 16.7 Å². The number of sulfonamides is 1. The molecule has 7 nitrogen and oxygen atoms in total. The normalized spacial score (nSPS) is 11.9. The molecule has 9 heteroatoms. The number of hydrogen-bond donors (Lipinski definition) is 0. The van der Waals surface area contributed by atoms with Crippen molar-refractivity contribution in [3.05, 3.63) is 64.3 Å². The van der Waals surface area contributed by atoms with Crippen LogP contribution in [0, 0.1) is 5.92 Å². The Morgan fingerprint density at radius 3 is 2.32 bits per heavy atom. The second-order valence-corrected chi connectivity index (χ2v) is 9.92. The van der Waals surface area contributed by atoms with Gasteiger partial charge in [0.05, 0.1) is 22.4 Å². The fraction of sp³-hybridized carbons (Fsp3) is 0.182. The molecular formula is C22H19NO6S2. The van der Waals surface area contributed by atoms with E-state index >= 15 is 0 Å². The molecule has 4 rings (SSSR count). The van der Waals surface area contributed by atoms with Crippen LogP contribution in [0.25, 0.3) is 21.1 Å². The van der Waals surface area contributed by atoms with Crippen molar-refractivity contribution in [2.24, 2.45) is 5.92 Å². The van der Waals surface area contributed by atoms with Crippen LogP contribution in [0.5, 0.6) is 5.75 Å². The molecule has 0 atom stereocenters. The van der Waals surface area contributed by atoms with Gasteiger partial charge in [-0.1, -0.05) is 49.4 Å². The molecule has 0 aliphatic carbocycles. The predicted molar refractivity (Wildman–Crippen MR) is 120 cm³/mol. The van der Waals surface area contributed by atoms with Crippen molar-refractivity contribution < 1.29 is 22.4 Å². The molecule has 0 saturated heterocycles. The number of carbonyl (C=O) groups excluding carboxylic acids is 1. The van der Waals surface area contributed by atoms with Gasteiger partial charge < -0.3 is 9.15 Å². The van der Waals surface area contributed by atoms with Crippen LogP contribution in [0.4, 0.5) is 5.69 Å². The molecule has 3 aromatic carbocycles. The maximum atomic E-state index is 13.6. The Bertz CT molecular complexity index is 1450. The molecule has 1 heterocycles. The predicted octanol–water partition coefficient (Wildman–Crippen LogP) is 4.39. The number of fused-ring (bicyclic) bond motifs is 3. The second-order valence-electron chi connectivity index (χ2n) is 7.16. The van der Waals surface area contributed by atoms with Gasteiger partial charge in [0.1, 0.15) is 5.75 Å². The first kappa shape index (κ1) is 21.1. The van der Waals surface area contributed by atoms with E-state index in [1.54, 1.807) is 38.1 Å². The highest BCUT2D eigenvalue weighted by Crippen LogP contribution is 2.38. The summed E-state index contributed by atoms with van der Waals surface area (Å²) in [5.74, 6) is -0.683. The molecule has 4 aromatic rings. The SMILES string of the molecule is COc1ccc(S(=O)(=O)N(C(=O)C(C)C)c2cc3sc(=O)oc3c3ccccc23)cc1. The zero-order chi connectivity index (χ0) is 22.3. The molecule has 0 spiro atoms. The van der Waals surface area contributed by atoms with Crippen molar-refractivity contribution in [2.45, 2.75) is 18.7 Å². The minimum atomic E-state index is -4.25. The van der Waals surface area contributed by atoms with E-state index in [0.717, 1.165) is 15.6 Å². The molecular weight excluding hydrogens is 438 g/mol. The monoisotopic (exact) mass is 457 g/mol. The van der Waals surface area contributed by atoms with E-state index in [1.165, 1.54) is 37.4 Å². The number of ether oxygens (including phenoxy) is 1. The number of hydrogen-bond acceptors (Lipinski definition) is 7. The number of rotatable bonds is 5. The Hall–Kier alpha value is -3.17. The zero-order valence-electron chi connectivity index (χ0n) is 17.0. The molecule has 1 amide bonds. The average Bonchev–Trinajstić information content (AvgIpc) is 3.14. The summed E-state index contributed by atoms with van der Waals surface area (Å²) in [6.07, 6.45) is 0. The first-order valence-electron chi connectivity index (χ1n) is 9.42.